The molecule has 0 aliphatic heterocycles. The zero-order chi connectivity index (χ0) is 11.6. The predicted molar refractivity (Wildman–Crippen MR) is 66.3 cm³/mol. The molecule has 1 aliphatic carbocycles. The smallest absolute Gasteiger partial charge is 0.0492 e. The molecule has 0 spiro atoms. The van der Waals surface area contributed by atoms with E-state index in [2.05, 4.69) is 30.5 Å². The van der Waals surface area contributed by atoms with Crippen molar-refractivity contribution in [3.8, 4) is 0 Å². The van der Waals surface area contributed by atoms with Gasteiger partial charge in [-0.2, -0.15) is 5.10 Å². The lowest BCUT2D eigenvalue weighted by Crippen LogP contribution is -2.24. The molecule has 1 heterocycles. The minimum absolute atomic E-state index is 0.526. The molecule has 0 radical (unpaired) electrons. The third-order valence-corrected chi connectivity index (χ3v) is 4.15. The summed E-state index contributed by atoms with van der Waals surface area (Å²) < 4.78 is 1.99. The Morgan fingerprint density at radius 3 is 3.00 bits per heavy atom. The Morgan fingerprint density at radius 1 is 1.62 bits per heavy atom. The number of aromatic nitrogens is 2. The summed E-state index contributed by atoms with van der Waals surface area (Å²) in [6.45, 7) is 2.43. The lowest BCUT2D eigenvalue weighted by atomic mass is 9.83. The monoisotopic (exact) mass is 221 g/mol. The molecule has 0 aromatic carbocycles. The standard InChI is InChI=1S/C13H23N3/c1-13(7-4-11(10-13)14-2)8-5-12-6-9-15-16(12)3/h6,9,11,14H,4-5,7-8,10H2,1-3H3. The number of hydrogen-bond acceptors (Lipinski definition) is 2. The highest BCUT2D eigenvalue weighted by atomic mass is 15.2. The second kappa shape index (κ2) is 4.58. The molecule has 3 heteroatoms. The average Bonchev–Trinajstić information content (AvgIpc) is 2.83. The predicted octanol–water partition coefficient (Wildman–Crippen LogP) is 2.13. The van der Waals surface area contributed by atoms with Gasteiger partial charge in [-0.1, -0.05) is 6.92 Å². The molecule has 1 aromatic rings. The normalized spacial score (nSPS) is 29.8. The van der Waals surface area contributed by atoms with Gasteiger partial charge in [0.25, 0.3) is 0 Å². The second-order valence-electron chi connectivity index (χ2n) is 5.49. The first-order valence-corrected chi connectivity index (χ1v) is 6.27. The first kappa shape index (κ1) is 11.6. The summed E-state index contributed by atoms with van der Waals surface area (Å²) in [6, 6.07) is 2.87. The van der Waals surface area contributed by atoms with Crippen LogP contribution in [-0.4, -0.2) is 22.9 Å². The van der Waals surface area contributed by atoms with E-state index in [1.807, 2.05) is 17.9 Å². The Balaban J connectivity index is 1.88. The van der Waals surface area contributed by atoms with Crippen molar-refractivity contribution in [2.45, 2.75) is 45.1 Å². The summed E-state index contributed by atoms with van der Waals surface area (Å²) in [4.78, 5) is 0. The first-order chi connectivity index (χ1) is 7.63. The van der Waals surface area contributed by atoms with Crippen LogP contribution in [0.3, 0.4) is 0 Å². The van der Waals surface area contributed by atoms with E-state index in [1.165, 1.54) is 31.4 Å². The van der Waals surface area contributed by atoms with E-state index < -0.39 is 0 Å². The first-order valence-electron chi connectivity index (χ1n) is 6.27. The van der Waals surface area contributed by atoms with Gasteiger partial charge in [0, 0.05) is 25.0 Å². The van der Waals surface area contributed by atoms with Crippen LogP contribution >= 0.6 is 0 Å². The molecule has 3 nitrogen and oxygen atoms in total. The van der Waals surface area contributed by atoms with E-state index >= 15 is 0 Å². The highest BCUT2D eigenvalue weighted by molar-refractivity contribution is 5.01. The molecule has 1 aromatic heterocycles. The van der Waals surface area contributed by atoms with Gasteiger partial charge in [-0.15, -0.1) is 0 Å². The maximum absolute atomic E-state index is 4.22. The fourth-order valence-electron chi connectivity index (χ4n) is 2.87. The molecule has 0 bridgehead atoms. The van der Waals surface area contributed by atoms with Crippen LogP contribution in [0.25, 0.3) is 0 Å². The van der Waals surface area contributed by atoms with Crippen molar-refractivity contribution in [2.75, 3.05) is 7.05 Å². The molecule has 2 rings (SSSR count). The number of aryl methyl sites for hydroxylation is 2. The fraction of sp³-hybridized carbons (Fsp3) is 0.769. The summed E-state index contributed by atoms with van der Waals surface area (Å²) in [5.41, 5.74) is 1.88. The molecule has 1 saturated carbocycles. The van der Waals surface area contributed by atoms with Crippen molar-refractivity contribution in [3.05, 3.63) is 18.0 Å². The van der Waals surface area contributed by atoms with Gasteiger partial charge in [-0.25, -0.2) is 0 Å². The number of nitrogens with one attached hydrogen (secondary N) is 1. The molecule has 16 heavy (non-hydrogen) atoms. The van der Waals surface area contributed by atoms with Crippen molar-refractivity contribution in [2.24, 2.45) is 12.5 Å². The molecule has 1 N–H and O–H groups in total. The number of nitrogens with zero attached hydrogens (tertiary/aromatic N) is 2. The summed E-state index contributed by atoms with van der Waals surface area (Å²) >= 11 is 0. The summed E-state index contributed by atoms with van der Waals surface area (Å²) in [5.74, 6) is 0. The van der Waals surface area contributed by atoms with E-state index in [1.54, 1.807) is 0 Å². The number of hydrogen-bond donors (Lipinski definition) is 1. The lowest BCUT2D eigenvalue weighted by molar-refractivity contribution is 0.297. The van der Waals surface area contributed by atoms with Crippen LogP contribution in [0, 0.1) is 5.41 Å². The van der Waals surface area contributed by atoms with Crippen LogP contribution in [0.15, 0.2) is 12.3 Å². The maximum atomic E-state index is 4.22. The van der Waals surface area contributed by atoms with Gasteiger partial charge in [0.05, 0.1) is 0 Å². The third-order valence-electron chi connectivity index (χ3n) is 4.15. The van der Waals surface area contributed by atoms with Crippen molar-refractivity contribution < 1.29 is 0 Å². The maximum Gasteiger partial charge on any atom is 0.0492 e. The summed E-state index contributed by atoms with van der Waals surface area (Å²) in [6.07, 6.45) is 8.34. The van der Waals surface area contributed by atoms with Crippen molar-refractivity contribution in [3.63, 3.8) is 0 Å². The highest BCUT2D eigenvalue weighted by Crippen LogP contribution is 2.41. The molecule has 0 saturated heterocycles. The molecule has 90 valence electrons. The molecule has 1 fully saturated rings. The second-order valence-corrected chi connectivity index (χ2v) is 5.49. The van der Waals surface area contributed by atoms with Crippen LogP contribution in [-0.2, 0) is 13.5 Å². The van der Waals surface area contributed by atoms with Crippen LogP contribution in [0.5, 0.6) is 0 Å². The molecule has 1 aliphatic rings. The Labute approximate surface area is 98.2 Å². The Hall–Kier alpha value is -0.830. The van der Waals surface area contributed by atoms with Crippen molar-refractivity contribution in [1.82, 2.24) is 15.1 Å². The van der Waals surface area contributed by atoms with Gasteiger partial charge in [-0.3, -0.25) is 4.68 Å². The number of rotatable bonds is 4. The van der Waals surface area contributed by atoms with E-state index in [-0.39, 0.29) is 0 Å². The van der Waals surface area contributed by atoms with Gasteiger partial charge < -0.3 is 5.32 Å². The highest BCUT2D eigenvalue weighted by Gasteiger charge is 2.33. The third kappa shape index (κ3) is 2.46. The zero-order valence-corrected chi connectivity index (χ0v) is 10.7. The van der Waals surface area contributed by atoms with Crippen molar-refractivity contribution in [1.29, 1.82) is 0 Å². The van der Waals surface area contributed by atoms with Crippen LogP contribution in [0.4, 0.5) is 0 Å². The molecule has 2 unspecified atom stereocenters. The molecular weight excluding hydrogens is 198 g/mol. The lowest BCUT2D eigenvalue weighted by Gasteiger charge is -2.24. The SMILES string of the molecule is CNC1CCC(C)(CCc2ccnn2C)C1. The fourth-order valence-corrected chi connectivity index (χ4v) is 2.87. The minimum atomic E-state index is 0.526. The molecule has 2 atom stereocenters. The van der Waals surface area contributed by atoms with Gasteiger partial charge in [0.15, 0.2) is 0 Å². The van der Waals surface area contributed by atoms with Crippen LogP contribution in [0.2, 0.25) is 0 Å². The summed E-state index contributed by atoms with van der Waals surface area (Å²) in [7, 11) is 4.11. The van der Waals surface area contributed by atoms with Gasteiger partial charge in [-0.05, 0) is 50.6 Å². The van der Waals surface area contributed by atoms with Gasteiger partial charge in [0.1, 0.15) is 0 Å². The molecular formula is C13H23N3. The summed E-state index contributed by atoms with van der Waals surface area (Å²) in [5, 5.41) is 7.63. The topological polar surface area (TPSA) is 29.9 Å². The van der Waals surface area contributed by atoms with E-state index in [0.717, 1.165) is 12.5 Å². The van der Waals surface area contributed by atoms with Crippen molar-refractivity contribution >= 4 is 0 Å². The van der Waals surface area contributed by atoms with E-state index in [0.29, 0.717) is 5.41 Å². The Kier molecular flexibility index (Phi) is 3.33. The average molecular weight is 221 g/mol. The van der Waals surface area contributed by atoms with E-state index in [4.69, 9.17) is 0 Å². The largest absolute Gasteiger partial charge is 0.317 e. The van der Waals surface area contributed by atoms with Gasteiger partial charge >= 0.3 is 0 Å². The molecule has 0 amide bonds. The minimum Gasteiger partial charge on any atom is -0.317 e. The quantitative estimate of drug-likeness (QED) is 0.844. The Morgan fingerprint density at radius 2 is 2.44 bits per heavy atom. The van der Waals surface area contributed by atoms with Crippen LogP contribution in [0.1, 0.15) is 38.3 Å². The Bertz CT molecular complexity index is 345. The zero-order valence-electron chi connectivity index (χ0n) is 10.7. The van der Waals surface area contributed by atoms with Gasteiger partial charge in [0.2, 0.25) is 0 Å². The van der Waals surface area contributed by atoms with E-state index in [9.17, 15) is 0 Å². The van der Waals surface area contributed by atoms with Crippen LogP contribution < -0.4 is 5.32 Å².